The van der Waals surface area contributed by atoms with Crippen LogP contribution < -0.4 is 5.32 Å². The minimum atomic E-state index is -4.58. The molecule has 0 spiro atoms. The molecule has 0 unspecified atom stereocenters. The Bertz CT molecular complexity index is 964. The number of phosphoric ester groups is 1. The largest absolute Gasteiger partial charge is 0.737 e. The molecule has 3 N–H and O–H groups in total. The topological polar surface area (TPSA) is 104 Å². The van der Waals surface area contributed by atoms with Crippen molar-refractivity contribution in [1.29, 1.82) is 0 Å². The zero-order valence-corrected chi connectivity index (χ0v) is 16.3. The van der Waals surface area contributed by atoms with Crippen molar-refractivity contribution in [2.45, 2.75) is 26.7 Å². The van der Waals surface area contributed by atoms with Crippen LogP contribution in [-0.4, -0.2) is 50.5 Å². The lowest BCUT2D eigenvalue weighted by molar-refractivity contribution is -0.362. The number of amides is 1. The Morgan fingerprint density at radius 1 is 1.36 bits per heavy atom. The highest BCUT2D eigenvalue weighted by molar-refractivity contribution is 7.46. The molecule has 28 heavy (non-hydrogen) atoms. The average Bonchev–Trinajstić information content (AvgIpc) is 3.11. The zero-order valence-electron chi connectivity index (χ0n) is 15.4. The Balaban J connectivity index is 1.68. The molecule has 12 heteroatoms. The van der Waals surface area contributed by atoms with Gasteiger partial charge < -0.3 is 32.7 Å². The number of aromatic nitrogens is 1. The van der Waals surface area contributed by atoms with E-state index in [1.54, 1.807) is 38.1 Å². The predicted octanol–water partition coefficient (Wildman–Crippen LogP) is 1.71. The van der Waals surface area contributed by atoms with Crippen molar-refractivity contribution < 1.29 is 36.8 Å². The third-order valence-electron chi connectivity index (χ3n) is 4.70. The van der Waals surface area contributed by atoms with Gasteiger partial charge in [0.2, 0.25) is 5.91 Å². The molecule has 0 aromatic carbocycles. The molecule has 0 saturated heterocycles. The monoisotopic (exact) mass is 415 g/mol. The second-order valence-electron chi connectivity index (χ2n) is 6.75. The Morgan fingerprint density at radius 3 is 2.75 bits per heavy atom. The third-order valence-corrected chi connectivity index (χ3v) is 5.22. The molecule has 152 valence electrons. The first-order valence-electron chi connectivity index (χ1n) is 8.73. The number of rotatable bonds is 7. The summed E-state index contributed by atoms with van der Waals surface area (Å²) >= 11 is 0. The van der Waals surface area contributed by atoms with Gasteiger partial charge in [0.25, 0.3) is 0 Å². The summed E-state index contributed by atoms with van der Waals surface area (Å²) in [6.45, 7) is -1.06. The number of aryl methyl sites for hydroxylation is 2. The standard InChI is InChI=1S/C16H21BF2N3O5P/c1-11-9-12(2)21-15(11)10-14-4-3-13(22(14)17(21,18)19)5-6-16(23)20-7-8-27-28(24,25)26/h3-4,9-10H,5-8H2,1-2H3,(H,20,23)(H2,24,25,26). The highest BCUT2D eigenvalue weighted by atomic mass is 31.2. The van der Waals surface area contributed by atoms with Crippen molar-refractivity contribution in [3.05, 3.63) is 40.9 Å². The number of carbonyl (C=O) groups is 1. The zero-order chi connectivity index (χ0) is 20.7. The summed E-state index contributed by atoms with van der Waals surface area (Å²) in [5.41, 5.74) is 2.48. The highest BCUT2D eigenvalue weighted by Crippen LogP contribution is 2.35. The second-order valence-corrected chi connectivity index (χ2v) is 7.99. The van der Waals surface area contributed by atoms with Gasteiger partial charge in [0, 0.05) is 43.3 Å². The van der Waals surface area contributed by atoms with E-state index in [1.807, 2.05) is 0 Å². The molecule has 3 rings (SSSR count). The number of hydrogen-bond acceptors (Lipinski definition) is 3. The summed E-state index contributed by atoms with van der Waals surface area (Å²) in [7, 11) is -4.58. The molecule has 0 aliphatic carbocycles. The van der Waals surface area contributed by atoms with E-state index in [4.69, 9.17) is 9.79 Å². The molecular weight excluding hydrogens is 394 g/mol. The number of allylic oxidation sites excluding steroid dienone is 2. The number of phosphoric acid groups is 1. The number of hydrogen-bond donors (Lipinski definition) is 3. The Kier molecular flexibility index (Phi) is 5.46. The Morgan fingerprint density at radius 2 is 2.07 bits per heavy atom. The van der Waals surface area contributed by atoms with Crippen LogP contribution in [-0.2, 0) is 13.9 Å². The normalized spacial score (nSPS) is 17.4. The van der Waals surface area contributed by atoms with Crippen LogP contribution in [0.2, 0.25) is 0 Å². The van der Waals surface area contributed by atoms with Gasteiger partial charge in [0.05, 0.1) is 6.61 Å². The summed E-state index contributed by atoms with van der Waals surface area (Å²) in [6, 6.07) is 1.72. The molecule has 8 nitrogen and oxygen atoms in total. The van der Waals surface area contributed by atoms with E-state index >= 15 is 8.63 Å². The summed E-state index contributed by atoms with van der Waals surface area (Å²) in [4.78, 5) is 29.0. The van der Waals surface area contributed by atoms with E-state index in [9.17, 15) is 9.36 Å². The maximum Gasteiger partial charge on any atom is 0.737 e. The number of fused-ring (bicyclic) bond motifs is 2. The molecule has 1 aromatic heterocycles. The van der Waals surface area contributed by atoms with Gasteiger partial charge >= 0.3 is 14.8 Å². The van der Waals surface area contributed by atoms with E-state index in [-0.39, 0.29) is 26.0 Å². The van der Waals surface area contributed by atoms with Crippen LogP contribution in [0.4, 0.5) is 8.63 Å². The lowest BCUT2D eigenvalue weighted by atomic mass is 9.90. The van der Waals surface area contributed by atoms with Crippen molar-refractivity contribution in [1.82, 2.24) is 9.79 Å². The maximum atomic E-state index is 15.2. The molecule has 1 amide bonds. The molecule has 0 atom stereocenters. The first kappa shape index (κ1) is 20.7. The molecule has 0 fully saturated rings. The van der Waals surface area contributed by atoms with Crippen LogP contribution in [0.5, 0.6) is 0 Å². The third kappa shape index (κ3) is 4.02. The Labute approximate surface area is 160 Å². The van der Waals surface area contributed by atoms with E-state index < -0.39 is 20.7 Å². The molecule has 3 heterocycles. The van der Waals surface area contributed by atoms with E-state index in [0.29, 0.717) is 22.8 Å². The van der Waals surface area contributed by atoms with E-state index in [0.717, 1.165) is 14.5 Å². The molecule has 0 radical (unpaired) electrons. The molecule has 1 aromatic rings. The summed E-state index contributed by atoms with van der Waals surface area (Å²) < 4.78 is 47.2. The van der Waals surface area contributed by atoms with Gasteiger partial charge in [-0.3, -0.25) is 9.32 Å². The predicted molar refractivity (Wildman–Crippen MR) is 99.9 cm³/mol. The quantitative estimate of drug-likeness (QED) is 0.358. The SMILES string of the molecule is Cc1cc(C)n2c1C=C1C=CC(CCC(=O)NCCOP(=O)(O)O)=[N+]1[B-]2(F)F. The van der Waals surface area contributed by atoms with E-state index in [1.165, 1.54) is 0 Å². The fourth-order valence-corrected chi connectivity index (χ4v) is 3.91. The van der Waals surface area contributed by atoms with Crippen LogP contribution in [0.1, 0.15) is 29.8 Å². The number of nitrogens with one attached hydrogen (secondary N) is 1. The molecule has 0 bridgehead atoms. The Hall–Kier alpha value is -2.07. The molecule has 2 aliphatic rings. The first-order valence-corrected chi connectivity index (χ1v) is 10.3. The fraction of sp³-hybridized carbons (Fsp3) is 0.375. The molecule has 0 saturated carbocycles. The average molecular weight is 415 g/mol. The van der Waals surface area contributed by atoms with Gasteiger partial charge in [-0.2, -0.15) is 0 Å². The molecular formula is C16H21BF2N3O5P. The minimum absolute atomic E-state index is 0.0396. The lowest BCUT2D eigenvalue weighted by Gasteiger charge is -2.30. The van der Waals surface area contributed by atoms with Gasteiger partial charge in [0.15, 0.2) is 5.70 Å². The number of nitrogens with zero attached hydrogens (tertiary/aromatic N) is 2. The van der Waals surface area contributed by atoms with E-state index in [2.05, 4.69) is 9.84 Å². The fourth-order valence-electron chi connectivity index (χ4n) is 3.58. The first-order chi connectivity index (χ1) is 13.0. The van der Waals surface area contributed by atoms with Gasteiger partial charge in [-0.25, -0.2) is 4.57 Å². The number of carbonyl (C=O) groups excluding carboxylic acids is 1. The summed E-state index contributed by atoms with van der Waals surface area (Å²) in [5.74, 6) is -0.422. The van der Waals surface area contributed by atoms with Crippen molar-refractivity contribution >= 4 is 32.5 Å². The van der Waals surface area contributed by atoms with Crippen LogP contribution in [0, 0.1) is 13.8 Å². The molecule has 2 aliphatic heterocycles. The van der Waals surface area contributed by atoms with Crippen LogP contribution in [0.15, 0.2) is 23.9 Å². The lowest BCUT2D eigenvalue weighted by Crippen LogP contribution is -2.50. The van der Waals surface area contributed by atoms with Crippen LogP contribution in [0.3, 0.4) is 0 Å². The van der Waals surface area contributed by atoms with Gasteiger partial charge in [-0.15, -0.1) is 0 Å². The number of halogens is 2. The smallest absolute Gasteiger partial charge is 0.394 e. The van der Waals surface area contributed by atoms with Crippen molar-refractivity contribution in [3.8, 4) is 0 Å². The minimum Gasteiger partial charge on any atom is -0.394 e. The summed E-state index contributed by atoms with van der Waals surface area (Å²) in [6.07, 6.45) is 4.97. The van der Waals surface area contributed by atoms with Gasteiger partial charge in [0.1, 0.15) is 5.71 Å². The van der Waals surface area contributed by atoms with Crippen molar-refractivity contribution in [2.75, 3.05) is 13.2 Å². The maximum absolute atomic E-state index is 15.2. The van der Waals surface area contributed by atoms with Gasteiger partial charge in [-0.1, -0.05) is 0 Å². The van der Waals surface area contributed by atoms with Crippen LogP contribution >= 0.6 is 7.82 Å². The van der Waals surface area contributed by atoms with Crippen molar-refractivity contribution in [2.24, 2.45) is 0 Å². The van der Waals surface area contributed by atoms with Crippen molar-refractivity contribution in [3.63, 3.8) is 0 Å². The second kappa shape index (κ2) is 7.40. The summed E-state index contributed by atoms with van der Waals surface area (Å²) in [5, 5.41) is 2.43. The highest BCUT2D eigenvalue weighted by Gasteiger charge is 2.52. The van der Waals surface area contributed by atoms with Crippen LogP contribution in [0.25, 0.3) is 6.08 Å². The van der Waals surface area contributed by atoms with Gasteiger partial charge in [-0.05, 0) is 31.2 Å².